The summed E-state index contributed by atoms with van der Waals surface area (Å²) in [6.07, 6.45) is 0. The molecule has 1 aliphatic heterocycles. The van der Waals surface area contributed by atoms with Crippen LogP contribution in [0, 0.1) is 5.82 Å². The van der Waals surface area contributed by atoms with E-state index in [0.29, 0.717) is 32.7 Å². The Hall–Kier alpha value is -2.07. The van der Waals surface area contributed by atoms with Gasteiger partial charge in [-0.15, -0.1) is 11.3 Å². The van der Waals surface area contributed by atoms with Crippen molar-refractivity contribution in [2.75, 3.05) is 26.2 Å². The normalized spacial score (nSPS) is 16.6. The van der Waals surface area contributed by atoms with E-state index in [2.05, 4.69) is 10.1 Å². The molecule has 0 amide bonds. The molecule has 1 fully saturated rings. The van der Waals surface area contributed by atoms with Gasteiger partial charge in [0.2, 0.25) is 10.0 Å². The number of rotatable bonds is 5. The number of sulfonamides is 1. The Bertz CT molecular complexity index is 1010. The quantitative estimate of drug-likeness (QED) is 0.650. The van der Waals surface area contributed by atoms with Crippen LogP contribution in [-0.2, 0) is 16.6 Å². The smallest absolute Gasteiger partial charge is 0.246 e. The molecule has 1 saturated heterocycles. The van der Waals surface area contributed by atoms with Crippen LogP contribution in [0.2, 0.25) is 0 Å². The maximum Gasteiger partial charge on any atom is 0.246 e. The van der Waals surface area contributed by atoms with Gasteiger partial charge in [0.25, 0.3) is 0 Å². The zero-order valence-corrected chi connectivity index (χ0v) is 16.0. The van der Waals surface area contributed by atoms with Crippen LogP contribution >= 0.6 is 11.3 Å². The van der Waals surface area contributed by atoms with Crippen molar-refractivity contribution in [3.8, 4) is 10.6 Å². The van der Waals surface area contributed by atoms with Crippen molar-refractivity contribution in [1.82, 2.24) is 14.4 Å². The number of nitrogens with zero attached hydrogens (tertiary/aromatic N) is 3. The Morgan fingerprint density at radius 2 is 1.89 bits per heavy atom. The summed E-state index contributed by atoms with van der Waals surface area (Å²) in [4.78, 5) is 2.87. The highest BCUT2D eigenvalue weighted by molar-refractivity contribution is 7.89. The molecule has 6 nitrogen and oxygen atoms in total. The summed E-state index contributed by atoms with van der Waals surface area (Å²) in [5, 5.41) is 6.08. The van der Waals surface area contributed by atoms with Crippen LogP contribution in [0.25, 0.3) is 10.6 Å². The van der Waals surface area contributed by atoms with Gasteiger partial charge in [-0.2, -0.15) is 4.31 Å². The molecular formula is C18H18FN3O3S2. The summed E-state index contributed by atoms with van der Waals surface area (Å²) in [5.41, 5.74) is 0.809. The van der Waals surface area contributed by atoms with Crippen LogP contribution in [0.1, 0.15) is 5.69 Å². The zero-order chi connectivity index (χ0) is 18.9. The minimum atomic E-state index is -3.82. The van der Waals surface area contributed by atoms with E-state index < -0.39 is 15.8 Å². The molecule has 0 aliphatic carbocycles. The number of aromatic nitrogens is 1. The Balaban J connectivity index is 1.39. The Morgan fingerprint density at radius 3 is 2.59 bits per heavy atom. The fourth-order valence-corrected chi connectivity index (χ4v) is 5.23. The molecule has 0 saturated carbocycles. The van der Waals surface area contributed by atoms with Gasteiger partial charge >= 0.3 is 0 Å². The average molecular weight is 407 g/mol. The second-order valence-electron chi connectivity index (χ2n) is 6.27. The number of piperazine rings is 1. The Kier molecular flexibility index (Phi) is 5.09. The van der Waals surface area contributed by atoms with Crippen molar-refractivity contribution in [2.45, 2.75) is 11.4 Å². The van der Waals surface area contributed by atoms with Crippen LogP contribution < -0.4 is 0 Å². The highest BCUT2D eigenvalue weighted by Gasteiger charge is 2.30. The van der Waals surface area contributed by atoms with E-state index in [1.165, 1.54) is 28.6 Å². The first kappa shape index (κ1) is 18.3. The van der Waals surface area contributed by atoms with Gasteiger partial charge in [0.05, 0.1) is 10.6 Å². The lowest BCUT2D eigenvalue weighted by atomic mass is 10.3. The molecule has 142 valence electrons. The van der Waals surface area contributed by atoms with E-state index in [1.807, 2.05) is 23.6 Å². The van der Waals surface area contributed by atoms with E-state index >= 15 is 0 Å². The third-order valence-electron chi connectivity index (χ3n) is 4.49. The summed E-state index contributed by atoms with van der Waals surface area (Å²) in [7, 11) is -3.82. The molecular weight excluding hydrogens is 389 g/mol. The van der Waals surface area contributed by atoms with E-state index in [-0.39, 0.29) is 4.90 Å². The standard InChI is InChI=1S/C18H18FN3O3S2/c19-15-4-1-2-6-18(15)27(23,24)22-9-7-21(8-10-22)13-14-12-16(25-20-14)17-5-3-11-26-17/h1-6,11-12H,7-10,13H2. The molecule has 0 bridgehead atoms. The van der Waals surface area contributed by atoms with Crippen LogP contribution in [0.5, 0.6) is 0 Å². The molecule has 1 aliphatic rings. The molecule has 3 heterocycles. The molecule has 0 unspecified atom stereocenters. The zero-order valence-electron chi connectivity index (χ0n) is 14.4. The van der Waals surface area contributed by atoms with Gasteiger partial charge in [0.15, 0.2) is 5.76 Å². The SMILES string of the molecule is O=S(=O)(c1ccccc1F)N1CCN(Cc2cc(-c3cccs3)on2)CC1. The topological polar surface area (TPSA) is 66.7 Å². The molecule has 3 aromatic rings. The monoisotopic (exact) mass is 407 g/mol. The third-order valence-corrected chi connectivity index (χ3v) is 7.31. The maximum atomic E-state index is 13.9. The molecule has 1 aromatic carbocycles. The lowest BCUT2D eigenvalue weighted by molar-refractivity contribution is 0.177. The molecule has 9 heteroatoms. The Morgan fingerprint density at radius 1 is 1.11 bits per heavy atom. The van der Waals surface area contributed by atoms with Crippen molar-refractivity contribution < 1.29 is 17.3 Å². The van der Waals surface area contributed by atoms with Crippen LogP contribution in [0.3, 0.4) is 0 Å². The molecule has 0 spiro atoms. The van der Waals surface area contributed by atoms with Crippen LogP contribution in [0.15, 0.2) is 57.3 Å². The average Bonchev–Trinajstić information content (AvgIpc) is 3.34. The molecule has 27 heavy (non-hydrogen) atoms. The van der Waals surface area contributed by atoms with Gasteiger partial charge < -0.3 is 4.52 Å². The lowest BCUT2D eigenvalue weighted by Crippen LogP contribution is -2.48. The summed E-state index contributed by atoms with van der Waals surface area (Å²) < 4.78 is 45.9. The first-order valence-corrected chi connectivity index (χ1v) is 10.8. The first-order chi connectivity index (χ1) is 13.0. The number of thiophene rings is 1. The molecule has 0 atom stereocenters. The minimum Gasteiger partial charge on any atom is -0.355 e. The van der Waals surface area contributed by atoms with Crippen molar-refractivity contribution in [3.05, 3.63) is 59.4 Å². The second kappa shape index (κ2) is 7.51. The van der Waals surface area contributed by atoms with Gasteiger partial charge in [-0.1, -0.05) is 23.4 Å². The molecule has 2 aromatic heterocycles. The number of hydrogen-bond acceptors (Lipinski definition) is 6. The predicted octanol–water partition coefficient (Wildman–Crippen LogP) is 3.05. The number of halogens is 1. The van der Waals surface area contributed by atoms with Crippen LogP contribution in [-0.4, -0.2) is 49.0 Å². The van der Waals surface area contributed by atoms with Crippen molar-refractivity contribution >= 4 is 21.4 Å². The predicted molar refractivity (Wildman–Crippen MR) is 100 cm³/mol. The lowest BCUT2D eigenvalue weighted by Gasteiger charge is -2.33. The highest BCUT2D eigenvalue weighted by Crippen LogP contribution is 2.26. The summed E-state index contributed by atoms with van der Waals surface area (Å²) in [5.74, 6) is 0.0180. The van der Waals surface area contributed by atoms with Crippen molar-refractivity contribution in [1.29, 1.82) is 0 Å². The van der Waals surface area contributed by atoms with E-state index in [1.54, 1.807) is 11.3 Å². The van der Waals surface area contributed by atoms with E-state index in [0.717, 1.165) is 16.3 Å². The largest absolute Gasteiger partial charge is 0.355 e. The fraction of sp³-hybridized carbons (Fsp3) is 0.278. The van der Waals surface area contributed by atoms with Gasteiger partial charge in [-0.25, -0.2) is 12.8 Å². The fourth-order valence-electron chi connectivity index (χ4n) is 3.07. The van der Waals surface area contributed by atoms with Crippen molar-refractivity contribution in [3.63, 3.8) is 0 Å². The summed E-state index contributed by atoms with van der Waals surface area (Å²) in [6.45, 7) is 2.31. The van der Waals surface area contributed by atoms with E-state index in [9.17, 15) is 12.8 Å². The van der Waals surface area contributed by atoms with Gasteiger partial charge in [0, 0.05) is 38.8 Å². The summed E-state index contributed by atoms with van der Waals surface area (Å²) in [6, 6.07) is 11.3. The molecule has 4 rings (SSSR count). The molecule has 0 N–H and O–H groups in total. The van der Waals surface area contributed by atoms with Crippen molar-refractivity contribution in [2.24, 2.45) is 0 Å². The highest BCUT2D eigenvalue weighted by atomic mass is 32.2. The van der Waals surface area contributed by atoms with E-state index in [4.69, 9.17) is 4.52 Å². The second-order valence-corrected chi connectivity index (χ2v) is 9.12. The first-order valence-electron chi connectivity index (χ1n) is 8.50. The maximum absolute atomic E-state index is 13.9. The van der Waals surface area contributed by atoms with Gasteiger partial charge in [-0.3, -0.25) is 4.90 Å². The number of hydrogen-bond donors (Lipinski definition) is 0. The number of benzene rings is 1. The van der Waals surface area contributed by atoms with Gasteiger partial charge in [0.1, 0.15) is 10.7 Å². The van der Waals surface area contributed by atoms with Gasteiger partial charge in [-0.05, 0) is 23.6 Å². The molecule has 0 radical (unpaired) electrons. The minimum absolute atomic E-state index is 0.268. The third kappa shape index (κ3) is 3.81. The Labute approximate surface area is 160 Å². The van der Waals surface area contributed by atoms with Crippen LogP contribution in [0.4, 0.5) is 4.39 Å². The summed E-state index contributed by atoms with van der Waals surface area (Å²) >= 11 is 1.59.